The molecule has 0 spiro atoms. The minimum Gasteiger partial charge on any atom is -0.495 e. The predicted octanol–water partition coefficient (Wildman–Crippen LogP) is 3.69. The number of methoxy groups -OCH3 is 1. The summed E-state index contributed by atoms with van der Waals surface area (Å²) in [6.45, 7) is 2.91. The highest BCUT2D eigenvalue weighted by molar-refractivity contribution is 9.09. The van der Waals surface area contributed by atoms with E-state index in [1.54, 1.807) is 7.11 Å². The maximum atomic E-state index is 12.0. The molecule has 0 bridgehead atoms. The Hall–Kier alpha value is -0.550. The Kier molecular flexibility index (Phi) is 7.35. The maximum Gasteiger partial charge on any atom is 0.265 e. The van der Waals surface area contributed by atoms with Crippen LogP contribution in [0, 0.1) is 5.92 Å². The van der Waals surface area contributed by atoms with E-state index in [2.05, 4.69) is 28.2 Å². The Morgan fingerprint density at radius 2 is 2.33 bits per heavy atom. The fourth-order valence-corrected chi connectivity index (χ4v) is 3.27. The van der Waals surface area contributed by atoms with Gasteiger partial charge in [0.05, 0.1) is 7.11 Å². The lowest BCUT2D eigenvalue weighted by atomic mass is 10.0. The Morgan fingerprint density at radius 1 is 1.56 bits per heavy atom. The summed E-state index contributed by atoms with van der Waals surface area (Å²) in [4.78, 5) is 12.7. The molecule has 0 aliphatic rings. The SMILES string of the molecule is CCCC(CCBr)CNC(=O)c1sccc1OC. The number of hydrogen-bond acceptors (Lipinski definition) is 3. The van der Waals surface area contributed by atoms with E-state index in [9.17, 15) is 4.79 Å². The number of alkyl halides is 1. The van der Waals surface area contributed by atoms with Crippen LogP contribution in [0.4, 0.5) is 0 Å². The molecule has 0 fully saturated rings. The van der Waals surface area contributed by atoms with Crippen molar-refractivity contribution in [3.8, 4) is 5.75 Å². The van der Waals surface area contributed by atoms with Crippen molar-refractivity contribution < 1.29 is 9.53 Å². The predicted molar refractivity (Wildman–Crippen MR) is 80.0 cm³/mol. The van der Waals surface area contributed by atoms with Gasteiger partial charge in [0.25, 0.3) is 5.91 Å². The highest BCUT2D eigenvalue weighted by atomic mass is 79.9. The molecule has 1 heterocycles. The molecule has 1 amide bonds. The lowest BCUT2D eigenvalue weighted by Crippen LogP contribution is -2.29. The minimum absolute atomic E-state index is 0.0301. The molecule has 0 saturated carbocycles. The van der Waals surface area contributed by atoms with Gasteiger partial charge >= 0.3 is 0 Å². The molecular weight excluding hydrogens is 314 g/mol. The van der Waals surface area contributed by atoms with E-state index in [1.807, 2.05) is 11.4 Å². The summed E-state index contributed by atoms with van der Waals surface area (Å²) >= 11 is 4.87. The van der Waals surface area contributed by atoms with Gasteiger partial charge in [0, 0.05) is 11.9 Å². The van der Waals surface area contributed by atoms with E-state index in [0.717, 1.165) is 31.1 Å². The summed E-state index contributed by atoms with van der Waals surface area (Å²) in [7, 11) is 1.59. The van der Waals surface area contributed by atoms with E-state index < -0.39 is 0 Å². The monoisotopic (exact) mass is 333 g/mol. The van der Waals surface area contributed by atoms with E-state index in [1.165, 1.54) is 11.3 Å². The second-order valence-corrected chi connectivity index (χ2v) is 5.87. The topological polar surface area (TPSA) is 38.3 Å². The summed E-state index contributed by atoms with van der Waals surface area (Å²) in [5, 5.41) is 5.85. The second kappa shape index (κ2) is 8.53. The minimum atomic E-state index is -0.0301. The number of rotatable bonds is 8. The van der Waals surface area contributed by atoms with Crippen LogP contribution in [0.2, 0.25) is 0 Å². The number of hydrogen-bond donors (Lipinski definition) is 1. The van der Waals surface area contributed by atoms with E-state index in [4.69, 9.17) is 4.74 Å². The number of amides is 1. The Bertz CT molecular complexity index is 362. The van der Waals surface area contributed by atoms with Crippen molar-refractivity contribution in [2.75, 3.05) is 19.0 Å². The molecule has 18 heavy (non-hydrogen) atoms. The van der Waals surface area contributed by atoms with Crippen molar-refractivity contribution in [1.82, 2.24) is 5.32 Å². The Labute approximate surface area is 121 Å². The number of carbonyl (C=O) groups excluding carboxylic acids is 1. The summed E-state index contributed by atoms with van der Waals surface area (Å²) in [5.41, 5.74) is 0. The van der Waals surface area contributed by atoms with E-state index in [0.29, 0.717) is 16.5 Å². The molecule has 102 valence electrons. The zero-order valence-electron chi connectivity index (χ0n) is 10.9. The van der Waals surface area contributed by atoms with Gasteiger partial charge in [0.2, 0.25) is 0 Å². The fourth-order valence-electron chi connectivity index (χ4n) is 1.85. The molecule has 0 aliphatic heterocycles. The molecule has 1 aromatic heterocycles. The molecule has 5 heteroatoms. The first kappa shape index (κ1) is 15.5. The molecule has 1 unspecified atom stereocenters. The largest absolute Gasteiger partial charge is 0.495 e. The number of thiophene rings is 1. The van der Waals surface area contributed by atoms with Crippen LogP contribution in [-0.2, 0) is 0 Å². The first-order valence-electron chi connectivity index (χ1n) is 6.18. The number of halogens is 1. The van der Waals surface area contributed by atoms with E-state index in [-0.39, 0.29) is 5.91 Å². The zero-order valence-corrected chi connectivity index (χ0v) is 13.3. The Morgan fingerprint density at radius 3 is 2.94 bits per heavy atom. The summed E-state index contributed by atoms with van der Waals surface area (Å²) in [6, 6.07) is 1.82. The van der Waals surface area contributed by atoms with Crippen molar-refractivity contribution in [3.05, 3.63) is 16.3 Å². The van der Waals surface area contributed by atoms with Gasteiger partial charge in [-0.3, -0.25) is 4.79 Å². The van der Waals surface area contributed by atoms with Gasteiger partial charge in [0.15, 0.2) is 0 Å². The van der Waals surface area contributed by atoms with Crippen LogP contribution < -0.4 is 10.1 Å². The normalized spacial score (nSPS) is 12.2. The van der Waals surface area contributed by atoms with Gasteiger partial charge in [-0.25, -0.2) is 0 Å². The van der Waals surface area contributed by atoms with Gasteiger partial charge in [-0.15, -0.1) is 11.3 Å². The summed E-state index contributed by atoms with van der Waals surface area (Å²) < 4.78 is 5.15. The first-order valence-corrected chi connectivity index (χ1v) is 8.18. The van der Waals surface area contributed by atoms with Gasteiger partial charge < -0.3 is 10.1 Å². The van der Waals surface area contributed by atoms with Gasteiger partial charge in [0.1, 0.15) is 10.6 Å². The van der Waals surface area contributed by atoms with Gasteiger partial charge in [-0.2, -0.15) is 0 Å². The maximum absolute atomic E-state index is 12.0. The number of carbonyl (C=O) groups is 1. The highest BCUT2D eigenvalue weighted by Gasteiger charge is 2.15. The number of nitrogens with one attached hydrogen (secondary N) is 1. The molecule has 0 aromatic carbocycles. The molecule has 0 aliphatic carbocycles. The lowest BCUT2D eigenvalue weighted by molar-refractivity contribution is 0.0947. The molecule has 0 saturated heterocycles. The molecule has 3 nitrogen and oxygen atoms in total. The van der Waals surface area contributed by atoms with Crippen LogP contribution >= 0.6 is 27.3 Å². The molecule has 1 rings (SSSR count). The summed E-state index contributed by atoms with van der Waals surface area (Å²) in [6.07, 6.45) is 3.39. The number of ether oxygens (including phenoxy) is 1. The average molecular weight is 334 g/mol. The van der Waals surface area contributed by atoms with E-state index >= 15 is 0 Å². The van der Waals surface area contributed by atoms with Crippen molar-refractivity contribution in [1.29, 1.82) is 0 Å². The first-order chi connectivity index (χ1) is 8.72. The molecule has 0 radical (unpaired) electrons. The van der Waals surface area contributed by atoms with Crippen LogP contribution in [-0.4, -0.2) is 24.9 Å². The zero-order chi connectivity index (χ0) is 13.4. The standard InChI is InChI=1S/C13H20BrNO2S/c1-3-4-10(5-7-14)9-15-13(16)12-11(17-2)6-8-18-12/h6,8,10H,3-5,7,9H2,1-2H3,(H,15,16). The average Bonchev–Trinajstić information content (AvgIpc) is 2.84. The van der Waals surface area contributed by atoms with Crippen LogP contribution in [0.25, 0.3) is 0 Å². The molecular formula is C13H20BrNO2S. The van der Waals surface area contributed by atoms with Crippen LogP contribution in [0.15, 0.2) is 11.4 Å². The van der Waals surface area contributed by atoms with Crippen LogP contribution in [0.1, 0.15) is 35.9 Å². The smallest absolute Gasteiger partial charge is 0.265 e. The Balaban J connectivity index is 2.49. The highest BCUT2D eigenvalue weighted by Crippen LogP contribution is 2.24. The second-order valence-electron chi connectivity index (χ2n) is 4.16. The van der Waals surface area contributed by atoms with Crippen molar-refractivity contribution in [3.63, 3.8) is 0 Å². The van der Waals surface area contributed by atoms with Crippen molar-refractivity contribution in [2.24, 2.45) is 5.92 Å². The van der Waals surface area contributed by atoms with Gasteiger partial charge in [-0.1, -0.05) is 29.3 Å². The third kappa shape index (κ3) is 4.61. The lowest BCUT2D eigenvalue weighted by Gasteiger charge is -2.15. The molecule has 1 atom stereocenters. The van der Waals surface area contributed by atoms with Crippen molar-refractivity contribution >= 4 is 33.2 Å². The van der Waals surface area contributed by atoms with Crippen LogP contribution in [0.5, 0.6) is 5.75 Å². The quantitative estimate of drug-likeness (QED) is 0.737. The van der Waals surface area contributed by atoms with Crippen molar-refractivity contribution in [2.45, 2.75) is 26.2 Å². The summed E-state index contributed by atoms with van der Waals surface area (Å²) in [5.74, 6) is 1.17. The van der Waals surface area contributed by atoms with Crippen LogP contribution in [0.3, 0.4) is 0 Å². The third-order valence-electron chi connectivity index (χ3n) is 2.82. The molecule has 1 N–H and O–H groups in total. The third-order valence-corrected chi connectivity index (χ3v) is 4.17. The van der Waals surface area contributed by atoms with Gasteiger partial charge in [-0.05, 0) is 30.2 Å². The molecule has 1 aromatic rings. The fraction of sp³-hybridized carbons (Fsp3) is 0.615.